The van der Waals surface area contributed by atoms with Crippen LogP contribution in [0.2, 0.25) is 0 Å². The SMILES string of the molecule is C=C(C)COC1CC2CC1CC2CC(O)(C(F)(F)F)C(F)(F)F. The molecule has 0 saturated heterocycles. The molecule has 0 aromatic rings. The highest BCUT2D eigenvalue weighted by Gasteiger charge is 2.71. The van der Waals surface area contributed by atoms with Crippen molar-refractivity contribution < 1.29 is 36.2 Å². The minimum Gasteiger partial charge on any atom is -0.374 e. The Balaban J connectivity index is 2.02. The molecule has 2 saturated carbocycles. The molecule has 134 valence electrons. The maximum Gasteiger partial charge on any atom is 0.426 e. The van der Waals surface area contributed by atoms with Gasteiger partial charge in [-0.25, -0.2) is 0 Å². The van der Waals surface area contributed by atoms with Gasteiger partial charge >= 0.3 is 12.4 Å². The molecule has 2 bridgehead atoms. The lowest BCUT2D eigenvalue weighted by Gasteiger charge is -2.37. The summed E-state index contributed by atoms with van der Waals surface area (Å²) in [6, 6.07) is 0. The summed E-state index contributed by atoms with van der Waals surface area (Å²) >= 11 is 0. The fourth-order valence-corrected chi connectivity index (χ4v) is 3.82. The van der Waals surface area contributed by atoms with E-state index in [1.807, 2.05) is 0 Å². The fraction of sp³-hybridized carbons (Fsp3) is 0.867. The van der Waals surface area contributed by atoms with Crippen molar-refractivity contribution in [3.63, 3.8) is 0 Å². The molecule has 0 radical (unpaired) electrons. The Morgan fingerprint density at radius 3 is 2.00 bits per heavy atom. The smallest absolute Gasteiger partial charge is 0.374 e. The predicted octanol–water partition coefficient (Wildman–Crippen LogP) is 4.24. The fourth-order valence-electron chi connectivity index (χ4n) is 3.82. The molecule has 0 heterocycles. The Bertz CT molecular complexity index is 442. The van der Waals surface area contributed by atoms with Gasteiger partial charge < -0.3 is 9.84 Å². The molecule has 0 spiro atoms. The number of aliphatic hydroxyl groups is 1. The second-order valence-corrected chi connectivity index (χ2v) is 6.85. The van der Waals surface area contributed by atoms with Gasteiger partial charge in [-0.05, 0) is 50.4 Å². The van der Waals surface area contributed by atoms with Gasteiger partial charge in [0.2, 0.25) is 0 Å². The highest BCUT2D eigenvalue weighted by atomic mass is 19.4. The molecule has 0 aromatic heterocycles. The van der Waals surface area contributed by atoms with E-state index in [4.69, 9.17) is 4.74 Å². The largest absolute Gasteiger partial charge is 0.426 e. The van der Waals surface area contributed by atoms with Crippen LogP contribution in [-0.4, -0.2) is 35.8 Å². The molecule has 8 heteroatoms. The molecule has 2 rings (SSSR count). The molecule has 0 aromatic carbocycles. The highest BCUT2D eigenvalue weighted by Crippen LogP contribution is 2.56. The average molecular weight is 346 g/mol. The van der Waals surface area contributed by atoms with Crippen molar-refractivity contribution in [3.8, 4) is 0 Å². The predicted molar refractivity (Wildman–Crippen MR) is 70.6 cm³/mol. The van der Waals surface area contributed by atoms with E-state index < -0.39 is 30.3 Å². The molecular formula is C15H20F6O2. The maximum absolute atomic E-state index is 12.8. The van der Waals surface area contributed by atoms with Crippen molar-refractivity contribution in [3.05, 3.63) is 12.2 Å². The van der Waals surface area contributed by atoms with Crippen molar-refractivity contribution in [2.24, 2.45) is 17.8 Å². The first-order valence-corrected chi connectivity index (χ1v) is 7.47. The van der Waals surface area contributed by atoms with Gasteiger partial charge in [0, 0.05) is 0 Å². The molecule has 2 aliphatic rings. The number of alkyl halides is 6. The summed E-state index contributed by atoms with van der Waals surface area (Å²) in [6.45, 7) is 5.81. The van der Waals surface area contributed by atoms with E-state index in [9.17, 15) is 31.4 Å². The molecule has 23 heavy (non-hydrogen) atoms. The third-order valence-electron chi connectivity index (χ3n) is 4.98. The Morgan fingerprint density at radius 2 is 1.61 bits per heavy atom. The lowest BCUT2D eigenvalue weighted by Crippen LogP contribution is -2.58. The van der Waals surface area contributed by atoms with E-state index in [2.05, 4.69) is 6.58 Å². The van der Waals surface area contributed by atoms with Gasteiger partial charge in [0.15, 0.2) is 0 Å². The molecule has 2 aliphatic carbocycles. The van der Waals surface area contributed by atoms with Gasteiger partial charge in [0.25, 0.3) is 5.60 Å². The van der Waals surface area contributed by atoms with Crippen molar-refractivity contribution in [1.82, 2.24) is 0 Å². The number of rotatable bonds is 5. The van der Waals surface area contributed by atoms with E-state index in [0.717, 1.165) is 5.57 Å². The molecule has 2 fully saturated rings. The Labute approximate surface area is 130 Å². The zero-order valence-electron chi connectivity index (χ0n) is 12.7. The third kappa shape index (κ3) is 3.52. The van der Waals surface area contributed by atoms with E-state index in [1.54, 1.807) is 6.92 Å². The van der Waals surface area contributed by atoms with Crippen LogP contribution in [0.5, 0.6) is 0 Å². The highest BCUT2D eigenvalue weighted by molar-refractivity contribution is 5.03. The summed E-state index contributed by atoms with van der Waals surface area (Å²) in [6.07, 6.45) is -11.7. The van der Waals surface area contributed by atoms with Crippen LogP contribution in [0.3, 0.4) is 0 Å². The van der Waals surface area contributed by atoms with Crippen LogP contribution < -0.4 is 0 Å². The van der Waals surface area contributed by atoms with Crippen molar-refractivity contribution in [1.29, 1.82) is 0 Å². The van der Waals surface area contributed by atoms with Crippen molar-refractivity contribution in [2.45, 2.75) is 56.7 Å². The minimum absolute atomic E-state index is 0.0462. The van der Waals surface area contributed by atoms with Gasteiger partial charge in [0.1, 0.15) is 0 Å². The summed E-state index contributed by atoms with van der Waals surface area (Å²) in [5.74, 6) is -1.11. The normalized spacial score (nSPS) is 31.7. The monoisotopic (exact) mass is 346 g/mol. The molecule has 0 aliphatic heterocycles. The first-order valence-electron chi connectivity index (χ1n) is 7.47. The first kappa shape index (κ1) is 18.6. The average Bonchev–Trinajstić information content (AvgIpc) is 2.92. The van der Waals surface area contributed by atoms with Gasteiger partial charge in [-0.1, -0.05) is 12.2 Å². The lowest BCUT2D eigenvalue weighted by molar-refractivity contribution is -0.373. The van der Waals surface area contributed by atoms with E-state index in [1.165, 1.54) is 0 Å². The molecule has 4 atom stereocenters. The minimum atomic E-state index is -5.73. The Hall–Kier alpha value is -0.760. The second kappa shape index (κ2) is 5.95. The van der Waals surface area contributed by atoms with E-state index in [-0.39, 0.29) is 24.4 Å². The van der Waals surface area contributed by atoms with Crippen LogP contribution in [0.25, 0.3) is 0 Å². The quantitative estimate of drug-likeness (QED) is 0.596. The molecule has 2 nitrogen and oxygen atoms in total. The van der Waals surface area contributed by atoms with Gasteiger partial charge in [-0.3, -0.25) is 0 Å². The summed E-state index contributed by atoms with van der Waals surface area (Å²) in [7, 11) is 0. The van der Waals surface area contributed by atoms with Crippen LogP contribution >= 0.6 is 0 Å². The topological polar surface area (TPSA) is 29.5 Å². The zero-order chi connectivity index (χ0) is 17.6. The Morgan fingerprint density at radius 1 is 1.04 bits per heavy atom. The zero-order valence-corrected chi connectivity index (χ0v) is 12.7. The van der Waals surface area contributed by atoms with E-state index >= 15 is 0 Å². The Kier molecular flexibility index (Phi) is 4.81. The van der Waals surface area contributed by atoms with Crippen molar-refractivity contribution >= 4 is 0 Å². The lowest BCUT2D eigenvalue weighted by atomic mass is 9.79. The van der Waals surface area contributed by atoms with Gasteiger partial charge in [-0.15, -0.1) is 0 Å². The van der Waals surface area contributed by atoms with Gasteiger partial charge in [0.05, 0.1) is 12.7 Å². The summed E-state index contributed by atoms with van der Waals surface area (Å²) in [5, 5.41) is 9.32. The molecule has 1 N–H and O–H groups in total. The van der Waals surface area contributed by atoms with Crippen LogP contribution in [0, 0.1) is 17.8 Å². The van der Waals surface area contributed by atoms with Crippen LogP contribution in [-0.2, 0) is 4.74 Å². The summed E-state index contributed by atoms with van der Waals surface area (Å²) in [5.41, 5.74) is -3.82. The number of fused-ring (bicyclic) bond motifs is 2. The standard InChI is InChI=1S/C15H20F6O2/c1-8(2)7-23-12-5-9-3-10(12)4-11(9)6-13(22,14(16,17)18)15(19,20)21/h9-12,22H,1,3-7H2,2H3. The van der Waals surface area contributed by atoms with Crippen LogP contribution in [0.1, 0.15) is 32.6 Å². The van der Waals surface area contributed by atoms with Crippen LogP contribution in [0.15, 0.2) is 12.2 Å². The number of hydrogen-bond donors (Lipinski definition) is 1. The maximum atomic E-state index is 12.8. The molecular weight excluding hydrogens is 326 g/mol. The van der Waals surface area contributed by atoms with Crippen LogP contribution in [0.4, 0.5) is 26.3 Å². The van der Waals surface area contributed by atoms with E-state index in [0.29, 0.717) is 19.4 Å². The second-order valence-electron chi connectivity index (χ2n) is 6.85. The third-order valence-corrected chi connectivity index (χ3v) is 4.98. The molecule has 0 amide bonds. The molecule has 4 unspecified atom stereocenters. The number of halogens is 6. The summed E-state index contributed by atoms with van der Waals surface area (Å²) < 4.78 is 82.3. The summed E-state index contributed by atoms with van der Waals surface area (Å²) in [4.78, 5) is 0. The van der Waals surface area contributed by atoms with Gasteiger partial charge in [-0.2, -0.15) is 26.3 Å². The number of ether oxygens (including phenoxy) is 1. The van der Waals surface area contributed by atoms with Crippen molar-refractivity contribution in [2.75, 3.05) is 6.61 Å². The first-order chi connectivity index (χ1) is 10.3. The number of hydrogen-bond acceptors (Lipinski definition) is 2.